The molecule has 0 aliphatic heterocycles. The SMILES string of the molecule is [CH3][Ge]([CH3])([CH3])[CH2][Sn]([CH3])([CH2][Ge]([CH3])([CH3])[CH3])[CH2][Ge]([CH3])([CH3])[CH3]. The van der Waals surface area contributed by atoms with Gasteiger partial charge in [0, 0.05) is 0 Å². The molecule has 0 saturated carbocycles. The Morgan fingerprint density at radius 3 is 0.824 bits per heavy atom. The molecule has 0 nitrogen and oxygen atoms in total. The van der Waals surface area contributed by atoms with E-state index in [0.717, 1.165) is 0 Å². The van der Waals surface area contributed by atoms with Crippen LogP contribution < -0.4 is 0 Å². The number of hydrogen-bond acceptors (Lipinski definition) is 0. The van der Waals surface area contributed by atoms with Gasteiger partial charge in [0.15, 0.2) is 0 Å². The van der Waals surface area contributed by atoms with Crippen LogP contribution in [-0.4, -0.2) is 58.2 Å². The van der Waals surface area contributed by atoms with Gasteiger partial charge in [0.25, 0.3) is 0 Å². The Hall–Kier alpha value is 2.43. The van der Waals surface area contributed by atoms with E-state index in [4.69, 9.17) is 0 Å². The third kappa shape index (κ3) is 11.9. The normalized spacial score (nSPS) is 15.2. The molecule has 0 aliphatic carbocycles. The van der Waals surface area contributed by atoms with Gasteiger partial charge in [-0.15, -0.1) is 0 Å². The Morgan fingerprint density at radius 2 is 0.706 bits per heavy atom. The molecule has 0 bridgehead atoms. The van der Waals surface area contributed by atoms with Crippen molar-refractivity contribution in [2.45, 2.75) is 66.6 Å². The third-order valence-corrected chi connectivity index (χ3v) is 100. The van der Waals surface area contributed by atoms with Crippen LogP contribution in [0.25, 0.3) is 0 Å². The molecule has 17 heavy (non-hydrogen) atoms. The standard InChI is InChI=1S/3C4H11Ge.CH3.Sn/c3*1-5(2,3)4;;/h3*1H2,2-4H3;1H3;. The monoisotopic (exact) mass is 534 g/mol. The Morgan fingerprint density at radius 1 is 0.529 bits per heavy atom. The molecule has 0 amide bonds. The van der Waals surface area contributed by atoms with E-state index in [-0.39, 0.29) is 0 Å². The van der Waals surface area contributed by atoms with E-state index in [1.54, 1.807) is 9.81 Å². The molecule has 0 aromatic heterocycles. The Bertz CT molecular complexity index is 202. The van der Waals surface area contributed by atoms with E-state index in [9.17, 15) is 0 Å². The summed E-state index contributed by atoms with van der Waals surface area (Å²) in [5.41, 5.74) is 0. The van der Waals surface area contributed by atoms with Crippen LogP contribution in [0.4, 0.5) is 0 Å². The summed E-state index contributed by atoms with van der Waals surface area (Å²) in [5, 5.41) is 0. The molecule has 0 atom stereocenters. The third-order valence-electron chi connectivity index (χ3n) is 2.87. The maximum absolute atomic E-state index is 2.85. The Labute approximate surface area is 123 Å². The van der Waals surface area contributed by atoms with Crippen LogP contribution >= 0.6 is 0 Å². The van der Waals surface area contributed by atoms with Gasteiger partial charge >= 0.3 is 125 Å². The molecule has 0 heterocycles. The predicted octanol–water partition coefficient (Wildman–Crippen LogP) is 5.70. The molecule has 0 radical (unpaired) electrons. The summed E-state index contributed by atoms with van der Waals surface area (Å²) < 4.78 is 5.42. The zero-order chi connectivity index (χ0) is 14.1. The van der Waals surface area contributed by atoms with Crippen LogP contribution in [0.3, 0.4) is 0 Å². The number of rotatable bonds is 6. The fourth-order valence-electron chi connectivity index (χ4n) is 4.03. The summed E-state index contributed by atoms with van der Waals surface area (Å²) in [5.74, 6) is 23.9. The van der Waals surface area contributed by atoms with Gasteiger partial charge in [-0.05, 0) is 0 Å². The van der Waals surface area contributed by atoms with Crippen molar-refractivity contribution in [1.29, 1.82) is 0 Å². The molecule has 4 heteroatoms. The Balaban J connectivity index is 4.95. The zero-order valence-corrected chi connectivity index (χ0v) is 23.3. The molecule has 104 valence electrons. The summed E-state index contributed by atoms with van der Waals surface area (Å²) in [4.78, 5) is 2.85. The van der Waals surface area contributed by atoms with Crippen molar-refractivity contribution in [3.8, 4) is 0 Å². The summed E-state index contributed by atoms with van der Waals surface area (Å²) in [6.45, 7) is 0. The molecule has 0 fully saturated rings. The quantitative estimate of drug-likeness (QED) is 0.388. The topological polar surface area (TPSA) is 0 Å². The van der Waals surface area contributed by atoms with Crippen molar-refractivity contribution >= 4 is 58.2 Å². The van der Waals surface area contributed by atoms with Crippen molar-refractivity contribution in [1.82, 2.24) is 0 Å². The van der Waals surface area contributed by atoms with Gasteiger partial charge in [-0.2, -0.15) is 0 Å². The van der Waals surface area contributed by atoms with E-state index in [1.165, 1.54) is 0 Å². The van der Waals surface area contributed by atoms with E-state index >= 15 is 0 Å². The van der Waals surface area contributed by atoms with Crippen LogP contribution in [0.1, 0.15) is 0 Å². The molecule has 0 aromatic carbocycles. The summed E-state index contributed by atoms with van der Waals surface area (Å²) >= 11 is -5.73. The van der Waals surface area contributed by atoms with Gasteiger partial charge in [0.2, 0.25) is 0 Å². The molecule has 0 N–H and O–H groups in total. The molecule has 0 aliphatic rings. The molecule has 0 unspecified atom stereocenters. The second kappa shape index (κ2) is 6.46. The van der Waals surface area contributed by atoms with E-state index in [0.29, 0.717) is 0 Å². The molecule has 0 spiro atoms. The van der Waals surface area contributed by atoms with E-state index < -0.39 is 58.2 Å². The average molecular weight is 529 g/mol. The molecular formula is C13H36Ge3Sn. The van der Waals surface area contributed by atoms with Gasteiger partial charge in [0.1, 0.15) is 0 Å². The van der Waals surface area contributed by atoms with Gasteiger partial charge < -0.3 is 0 Å². The molecule has 0 saturated heterocycles. The minimum atomic E-state index is -1.73. The minimum absolute atomic E-state index is 1.33. The van der Waals surface area contributed by atoms with Gasteiger partial charge in [-0.3, -0.25) is 0 Å². The van der Waals surface area contributed by atoms with Crippen LogP contribution in [0, 0.1) is 0 Å². The first kappa shape index (κ1) is 19.4. The van der Waals surface area contributed by atoms with Crippen molar-refractivity contribution < 1.29 is 0 Å². The fourth-order valence-corrected chi connectivity index (χ4v) is 168. The van der Waals surface area contributed by atoms with Gasteiger partial charge in [0.05, 0.1) is 0 Å². The van der Waals surface area contributed by atoms with Gasteiger partial charge in [-0.25, -0.2) is 0 Å². The summed E-state index contributed by atoms with van der Waals surface area (Å²) in [6, 6.07) is 0. The zero-order valence-electron chi connectivity index (χ0n) is 14.1. The van der Waals surface area contributed by atoms with Crippen molar-refractivity contribution in [2.24, 2.45) is 0 Å². The van der Waals surface area contributed by atoms with Crippen LogP contribution in [0.2, 0.25) is 66.6 Å². The maximum atomic E-state index is 2.85. The first-order valence-electron chi connectivity index (χ1n) is 7.12. The predicted molar refractivity (Wildman–Crippen MR) is 96.1 cm³/mol. The first-order chi connectivity index (χ1) is 7.12. The molecule has 0 aromatic rings. The average Bonchev–Trinajstić information content (AvgIpc) is 1.65. The van der Waals surface area contributed by atoms with Crippen molar-refractivity contribution in [3.63, 3.8) is 0 Å². The first-order valence-corrected chi connectivity index (χ1v) is 39.4. The fraction of sp³-hybridized carbons (Fsp3) is 1.00. The van der Waals surface area contributed by atoms with Crippen molar-refractivity contribution in [2.75, 3.05) is 0 Å². The van der Waals surface area contributed by atoms with Crippen LogP contribution in [-0.2, 0) is 0 Å². The second-order valence-corrected chi connectivity index (χ2v) is 70.5. The van der Waals surface area contributed by atoms with Gasteiger partial charge in [-0.1, -0.05) is 0 Å². The molecule has 0 rings (SSSR count). The second-order valence-electron chi connectivity index (χ2n) is 10.0. The van der Waals surface area contributed by atoms with E-state index in [1.807, 2.05) is 0 Å². The number of hydrogen-bond donors (Lipinski definition) is 0. The molecular weight excluding hydrogens is 493 g/mol. The summed E-state index contributed by atoms with van der Waals surface area (Å²) in [7, 11) is 0. The van der Waals surface area contributed by atoms with Crippen LogP contribution in [0.15, 0.2) is 0 Å². The Kier molecular flexibility index (Phi) is 7.39. The van der Waals surface area contributed by atoms with Crippen molar-refractivity contribution in [3.05, 3.63) is 0 Å². The van der Waals surface area contributed by atoms with E-state index in [2.05, 4.69) is 56.7 Å². The van der Waals surface area contributed by atoms with Crippen LogP contribution in [0.5, 0.6) is 0 Å². The summed E-state index contributed by atoms with van der Waals surface area (Å²) in [6.07, 6.45) is 0.